The molecule has 0 bridgehead atoms. The van der Waals surface area contributed by atoms with E-state index in [1.165, 1.54) is 12.8 Å². The summed E-state index contributed by atoms with van der Waals surface area (Å²) in [5.74, 6) is 0.402. The third kappa shape index (κ3) is 3.71. The molecular weight excluding hydrogens is 298 g/mol. The van der Waals surface area contributed by atoms with Crippen molar-refractivity contribution < 1.29 is 14.6 Å². The first-order valence-corrected chi connectivity index (χ1v) is 6.75. The molecule has 2 rings (SSSR count). The Labute approximate surface area is 114 Å². The number of carboxylic acid groups (broad SMARTS) is 1. The number of aliphatic carboxylic acids is 1. The van der Waals surface area contributed by atoms with Crippen LogP contribution in [0, 0.1) is 5.92 Å². The Bertz CT molecular complexity index is 446. The van der Waals surface area contributed by atoms with Gasteiger partial charge in [-0.15, -0.1) is 0 Å². The molecule has 1 atom stereocenters. The molecule has 1 unspecified atom stereocenters. The van der Waals surface area contributed by atoms with E-state index in [1.807, 2.05) is 18.2 Å². The number of hydrogen-bond acceptors (Lipinski definition) is 3. The smallest absolute Gasteiger partial charge is 0.320 e. The van der Waals surface area contributed by atoms with Gasteiger partial charge in [0, 0.05) is 10.9 Å². The van der Waals surface area contributed by atoms with Gasteiger partial charge in [0.1, 0.15) is 11.8 Å². The summed E-state index contributed by atoms with van der Waals surface area (Å²) in [4.78, 5) is 10.8. The minimum Gasteiger partial charge on any atom is -0.493 e. The van der Waals surface area contributed by atoms with Gasteiger partial charge in [-0.1, -0.05) is 15.9 Å². The fourth-order valence-electron chi connectivity index (χ4n) is 1.66. The third-order valence-corrected chi connectivity index (χ3v) is 3.44. The van der Waals surface area contributed by atoms with Crippen LogP contribution in [-0.4, -0.2) is 23.7 Å². The van der Waals surface area contributed by atoms with Crippen molar-refractivity contribution in [3.8, 4) is 5.75 Å². The average Bonchev–Trinajstić information content (AvgIpc) is 3.11. The molecular formula is C13H16BrNO3. The highest BCUT2D eigenvalue weighted by Gasteiger charge is 2.23. The Balaban J connectivity index is 2.08. The van der Waals surface area contributed by atoms with E-state index in [4.69, 9.17) is 15.6 Å². The lowest BCUT2D eigenvalue weighted by atomic mass is 10.1. The van der Waals surface area contributed by atoms with E-state index in [0.29, 0.717) is 12.5 Å². The zero-order valence-electron chi connectivity index (χ0n) is 9.93. The van der Waals surface area contributed by atoms with E-state index in [0.717, 1.165) is 15.8 Å². The van der Waals surface area contributed by atoms with E-state index < -0.39 is 12.0 Å². The van der Waals surface area contributed by atoms with E-state index in [2.05, 4.69) is 15.9 Å². The molecule has 0 amide bonds. The van der Waals surface area contributed by atoms with Crippen molar-refractivity contribution >= 4 is 21.9 Å². The number of carbonyl (C=O) groups is 1. The maximum Gasteiger partial charge on any atom is 0.320 e. The Morgan fingerprint density at radius 1 is 1.56 bits per heavy atom. The standard InChI is InChI=1S/C13H16BrNO3/c14-10-3-4-12(18-7-8-1-2-8)9(5-10)6-11(15)13(16)17/h3-5,8,11H,1-2,6-7,15H2,(H,16,17). The molecule has 1 aromatic rings. The zero-order valence-corrected chi connectivity index (χ0v) is 11.5. The largest absolute Gasteiger partial charge is 0.493 e. The monoisotopic (exact) mass is 313 g/mol. The molecule has 1 fully saturated rings. The number of rotatable bonds is 6. The van der Waals surface area contributed by atoms with Crippen LogP contribution in [-0.2, 0) is 11.2 Å². The first kappa shape index (κ1) is 13.4. The van der Waals surface area contributed by atoms with Gasteiger partial charge in [-0.3, -0.25) is 4.79 Å². The SMILES string of the molecule is NC(Cc1cc(Br)ccc1OCC1CC1)C(=O)O. The van der Waals surface area contributed by atoms with Gasteiger partial charge in [0.15, 0.2) is 0 Å². The average molecular weight is 314 g/mol. The summed E-state index contributed by atoms with van der Waals surface area (Å²) >= 11 is 3.37. The normalized spacial score (nSPS) is 16.3. The number of nitrogens with two attached hydrogens (primary N) is 1. The zero-order chi connectivity index (χ0) is 13.1. The van der Waals surface area contributed by atoms with Crippen LogP contribution in [0.4, 0.5) is 0 Å². The first-order chi connectivity index (χ1) is 8.56. The Morgan fingerprint density at radius 3 is 2.89 bits per heavy atom. The van der Waals surface area contributed by atoms with Gasteiger partial charge >= 0.3 is 5.97 Å². The maximum atomic E-state index is 10.8. The van der Waals surface area contributed by atoms with Crippen LogP contribution in [0.5, 0.6) is 5.75 Å². The lowest BCUT2D eigenvalue weighted by molar-refractivity contribution is -0.138. The van der Waals surface area contributed by atoms with Gasteiger partial charge in [-0.25, -0.2) is 0 Å². The molecule has 0 heterocycles. The second-order valence-corrected chi connectivity index (χ2v) is 5.57. The van der Waals surface area contributed by atoms with Crippen molar-refractivity contribution in [1.82, 2.24) is 0 Å². The topological polar surface area (TPSA) is 72.5 Å². The fourth-order valence-corrected chi connectivity index (χ4v) is 2.07. The highest BCUT2D eigenvalue weighted by atomic mass is 79.9. The number of hydrogen-bond donors (Lipinski definition) is 2. The minimum absolute atomic E-state index is 0.273. The van der Waals surface area contributed by atoms with E-state index in [1.54, 1.807) is 0 Å². The van der Waals surface area contributed by atoms with Crippen LogP contribution >= 0.6 is 15.9 Å². The van der Waals surface area contributed by atoms with Crippen LogP contribution in [0.1, 0.15) is 18.4 Å². The summed E-state index contributed by atoms with van der Waals surface area (Å²) in [7, 11) is 0. The predicted molar refractivity (Wildman–Crippen MR) is 71.7 cm³/mol. The number of carboxylic acids is 1. The summed E-state index contributed by atoms with van der Waals surface area (Å²) in [6, 6.07) is 4.71. The lowest BCUT2D eigenvalue weighted by Gasteiger charge is -2.13. The summed E-state index contributed by atoms with van der Waals surface area (Å²) in [5.41, 5.74) is 6.40. The Morgan fingerprint density at radius 2 is 2.28 bits per heavy atom. The second kappa shape index (κ2) is 5.71. The minimum atomic E-state index is -0.997. The van der Waals surface area contributed by atoms with Crippen LogP contribution in [0.15, 0.2) is 22.7 Å². The Hall–Kier alpha value is -1.07. The fraction of sp³-hybridized carbons (Fsp3) is 0.462. The molecule has 3 N–H and O–H groups in total. The third-order valence-electron chi connectivity index (χ3n) is 2.95. The number of halogens is 1. The van der Waals surface area contributed by atoms with Crippen LogP contribution in [0.2, 0.25) is 0 Å². The van der Waals surface area contributed by atoms with Crippen LogP contribution in [0.3, 0.4) is 0 Å². The van der Waals surface area contributed by atoms with Gasteiger partial charge in [-0.05, 0) is 42.5 Å². The molecule has 4 nitrogen and oxygen atoms in total. The van der Waals surface area contributed by atoms with Crippen molar-refractivity contribution in [3.05, 3.63) is 28.2 Å². The molecule has 98 valence electrons. The van der Waals surface area contributed by atoms with Gasteiger partial charge < -0.3 is 15.6 Å². The maximum absolute atomic E-state index is 10.8. The molecule has 0 radical (unpaired) electrons. The van der Waals surface area contributed by atoms with Gasteiger partial charge in [0.25, 0.3) is 0 Å². The van der Waals surface area contributed by atoms with Crippen molar-refractivity contribution in [3.63, 3.8) is 0 Å². The molecule has 0 aliphatic heterocycles. The molecule has 0 aromatic heterocycles. The highest BCUT2D eigenvalue weighted by Crippen LogP contribution is 2.31. The number of ether oxygens (including phenoxy) is 1. The molecule has 0 saturated heterocycles. The summed E-state index contributed by atoms with van der Waals surface area (Å²) in [6.07, 6.45) is 2.72. The van der Waals surface area contributed by atoms with Crippen molar-refractivity contribution in [2.24, 2.45) is 11.7 Å². The van der Waals surface area contributed by atoms with Crippen LogP contribution < -0.4 is 10.5 Å². The summed E-state index contributed by atoms with van der Waals surface area (Å²) < 4.78 is 6.62. The molecule has 5 heteroatoms. The highest BCUT2D eigenvalue weighted by molar-refractivity contribution is 9.10. The number of benzene rings is 1. The molecule has 1 aliphatic rings. The molecule has 1 aliphatic carbocycles. The Kier molecular flexibility index (Phi) is 4.24. The summed E-state index contributed by atoms with van der Waals surface area (Å²) in [6.45, 7) is 0.705. The van der Waals surface area contributed by atoms with Gasteiger partial charge in [-0.2, -0.15) is 0 Å². The second-order valence-electron chi connectivity index (χ2n) is 4.66. The lowest BCUT2D eigenvalue weighted by Crippen LogP contribution is -2.32. The van der Waals surface area contributed by atoms with E-state index in [9.17, 15) is 4.79 Å². The van der Waals surface area contributed by atoms with Crippen molar-refractivity contribution in [2.75, 3.05) is 6.61 Å². The summed E-state index contributed by atoms with van der Waals surface area (Å²) in [5, 5.41) is 8.85. The van der Waals surface area contributed by atoms with E-state index >= 15 is 0 Å². The molecule has 18 heavy (non-hydrogen) atoms. The van der Waals surface area contributed by atoms with Crippen LogP contribution in [0.25, 0.3) is 0 Å². The molecule has 1 aromatic carbocycles. The van der Waals surface area contributed by atoms with Gasteiger partial charge in [0.2, 0.25) is 0 Å². The van der Waals surface area contributed by atoms with Crippen molar-refractivity contribution in [2.45, 2.75) is 25.3 Å². The predicted octanol–water partition coefficient (Wildman–Crippen LogP) is 2.19. The molecule has 0 spiro atoms. The molecule has 1 saturated carbocycles. The van der Waals surface area contributed by atoms with Gasteiger partial charge in [0.05, 0.1) is 6.61 Å². The van der Waals surface area contributed by atoms with Crippen molar-refractivity contribution in [1.29, 1.82) is 0 Å². The van der Waals surface area contributed by atoms with E-state index in [-0.39, 0.29) is 6.42 Å². The first-order valence-electron chi connectivity index (χ1n) is 5.96. The quantitative estimate of drug-likeness (QED) is 0.844.